The number of nitrogen functional groups attached to an aromatic ring is 1. The molecule has 1 aromatic heterocycles. The van der Waals surface area contributed by atoms with E-state index in [4.69, 9.17) is 5.73 Å². The number of fused-ring (bicyclic) bond motifs is 1. The molecule has 1 aliphatic heterocycles. The number of amides is 2. The molecule has 3 aromatic rings. The zero-order chi connectivity index (χ0) is 20.7. The largest absolute Gasteiger partial charge is 0.396 e. The van der Waals surface area contributed by atoms with Crippen molar-refractivity contribution >= 4 is 17.4 Å². The summed E-state index contributed by atoms with van der Waals surface area (Å²) in [6.07, 6.45) is 1.53. The lowest BCUT2D eigenvalue weighted by Crippen LogP contribution is -2.40. The molecule has 150 valence electrons. The normalized spacial score (nSPS) is 13.3. The summed E-state index contributed by atoms with van der Waals surface area (Å²) in [7, 11) is 0. The molecule has 2 heterocycles. The molecule has 1 aliphatic rings. The number of rotatable bonds is 2. The van der Waals surface area contributed by atoms with E-state index in [1.807, 2.05) is 0 Å². The number of carbonyl (C=O) groups excluding carboxylic acids is 1. The molecular formula is C19H15F4N5O. The second-order valence-corrected chi connectivity index (χ2v) is 6.57. The van der Waals surface area contributed by atoms with E-state index in [1.54, 1.807) is 4.57 Å². The third-order valence-electron chi connectivity index (χ3n) is 4.68. The van der Waals surface area contributed by atoms with Gasteiger partial charge in [0.25, 0.3) is 0 Å². The Morgan fingerprint density at radius 1 is 1.07 bits per heavy atom. The molecule has 0 radical (unpaired) electrons. The first-order valence-corrected chi connectivity index (χ1v) is 8.63. The maximum Gasteiger partial charge on any atom is 0.322 e. The van der Waals surface area contributed by atoms with Crippen LogP contribution < -0.4 is 11.1 Å². The molecule has 0 saturated carbocycles. The number of aromatic nitrogens is 2. The minimum absolute atomic E-state index is 0.00952. The van der Waals surface area contributed by atoms with E-state index in [0.717, 1.165) is 24.3 Å². The molecule has 2 amide bonds. The molecule has 10 heteroatoms. The minimum Gasteiger partial charge on any atom is -0.396 e. The molecule has 0 bridgehead atoms. The van der Waals surface area contributed by atoms with Crippen LogP contribution in [0.25, 0.3) is 11.3 Å². The third-order valence-corrected chi connectivity index (χ3v) is 4.68. The van der Waals surface area contributed by atoms with Crippen LogP contribution in [0.2, 0.25) is 0 Å². The fourth-order valence-corrected chi connectivity index (χ4v) is 3.22. The van der Waals surface area contributed by atoms with Gasteiger partial charge in [-0.2, -0.15) is 0 Å². The van der Waals surface area contributed by atoms with Crippen molar-refractivity contribution < 1.29 is 22.4 Å². The Morgan fingerprint density at radius 3 is 2.59 bits per heavy atom. The predicted octanol–water partition coefficient (Wildman–Crippen LogP) is 3.74. The topological polar surface area (TPSA) is 76.2 Å². The van der Waals surface area contributed by atoms with Crippen molar-refractivity contribution in [2.24, 2.45) is 0 Å². The molecule has 6 nitrogen and oxygen atoms in total. The van der Waals surface area contributed by atoms with Gasteiger partial charge in [-0.15, -0.1) is 0 Å². The lowest BCUT2D eigenvalue weighted by Gasteiger charge is -2.29. The highest BCUT2D eigenvalue weighted by Crippen LogP contribution is 2.29. The first-order valence-electron chi connectivity index (χ1n) is 8.63. The number of anilines is 2. The van der Waals surface area contributed by atoms with Gasteiger partial charge >= 0.3 is 6.03 Å². The first kappa shape index (κ1) is 18.8. The van der Waals surface area contributed by atoms with Gasteiger partial charge in [0.2, 0.25) is 0 Å². The molecular weight excluding hydrogens is 390 g/mol. The fraction of sp³-hybridized carbons (Fsp3) is 0.158. The van der Waals surface area contributed by atoms with Crippen molar-refractivity contribution in [3.63, 3.8) is 0 Å². The van der Waals surface area contributed by atoms with Gasteiger partial charge in [0, 0.05) is 36.5 Å². The number of urea groups is 1. The fourth-order valence-electron chi connectivity index (χ4n) is 3.22. The van der Waals surface area contributed by atoms with E-state index >= 15 is 0 Å². The summed E-state index contributed by atoms with van der Waals surface area (Å²) in [5.41, 5.74) is 5.96. The van der Waals surface area contributed by atoms with Crippen molar-refractivity contribution in [3.05, 3.63) is 65.6 Å². The summed E-state index contributed by atoms with van der Waals surface area (Å²) in [6, 6.07) is 4.57. The first-order chi connectivity index (χ1) is 13.8. The number of imidazole rings is 1. The van der Waals surface area contributed by atoms with Crippen LogP contribution >= 0.6 is 0 Å². The Bertz CT molecular complexity index is 1090. The highest BCUT2D eigenvalue weighted by molar-refractivity contribution is 5.90. The number of nitrogens with zero attached hydrogens (tertiary/aromatic N) is 3. The number of halogens is 4. The molecule has 0 spiro atoms. The van der Waals surface area contributed by atoms with Gasteiger partial charge < -0.3 is 20.5 Å². The Hall–Kier alpha value is -3.56. The molecule has 0 saturated heterocycles. The van der Waals surface area contributed by atoms with Gasteiger partial charge in [0.05, 0.1) is 29.9 Å². The van der Waals surface area contributed by atoms with Gasteiger partial charge in [-0.3, -0.25) is 0 Å². The van der Waals surface area contributed by atoms with Crippen LogP contribution in [0.1, 0.15) is 5.69 Å². The summed E-state index contributed by atoms with van der Waals surface area (Å²) in [5, 5.41) is 2.47. The van der Waals surface area contributed by atoms with Crippen LogP contribution in [0, 0.1) is 23.3 Å². The zero-order valence-electron chi connectivity index (χ0n) is 14.9. The van der Waals surface area contributed by atoms with E-state index in [-0.39, 0.29) is 17.8 Å². The Balaban J connectivity index is 1.57. The summed E-state index contributed by atoms with van der Waals surface area (Å²) in [6.45, 7) is 0.815. The highest BCUT2D eigenvalue weighted by atomic mass is 19.2. The van der Waals surface area contributed by atoms with E-state index < -0.39 is 35.0 Å². The van der Waals surface area contributed by atoms with Gasteiger partial charge in [-0.25, -0.2) is 27.3 Å². The van der Waals surface area contributed by atoms with Crippen LogP contribution in [0.15, 0.2) is 36.7 Å². The zero-order valence-corrected chi connectivity index (χ0v) is 14.9. The molecule has 2 aromatic carbocycles. The Morgan fingerprint density at radius 2 is 1.86 bits per heavy atom. The number of hydrogen-bond donors (Lipinski definition) is 2. The van der Waals surface area contributed by atoms with Gasteiger partial charge in [0.15, 0.2) is 11.6 Å². The monoisotopic (exact) mass is 405 g/mol. The van der Waals surface area contributed by atoms with Crippen molar-refractivity contribution in [2.75, 3.05) is 17.6 Å². The van der Waals surface area contributed by atoms with Crippen molar-refractivity contribution in [1.82, 2.24) is 14.5 Å². The number of benzene rings is 2. The average Bonchev–Trinajstić information content (AvgIpc) is 3.09. The van der Waals surface area contributed by atoms with Crippen LogP contribution in [0.4, 0.5) is 33.7 Å². The van der Waals surface area contributed by atoms with Gasteiger partial charge in [-0.1, -0.05) is 0 Å². The molecule has 3 N–H and O–H groups in total. The Kier molecular flexibility index (Phi) is 4.61. The summed E-state index contributed by atoms with van der Waals surface area (Å²) in [4.78, 5) is 18.2. The molecule has 0 unspecified atom stereocenters. The summed E-state index contributed by atoms with van der Waals surface area (Å²) >= 11 is 0. The molecule has 0 atom stereocenters. The van der Waals surface area contributed by atoms with Crippen LogP contribution in [-0.4, -0.2) is 27.0 Å². The standard InChI is InChI=1S/C19H15F4N5O/c20-10-1-2-12(13(21)5-10)18-16-8-27(3-4-28(16)9-25-18)19(29)26-11-6-14(22)17(23)15(24)7-11/h1-2,5-7,9H,3-4,8,24H2,(H,26,29). The summed E-state index contributed by atoms with van der Waals surface area (Å²) in [5.74, 6) is -3.82. The smallest absolute Gasteiger partial charge is 0.322 e. The van der Waals surface area contributed by atoms with E-state index in [9.17, 15) is 22.4 Å². The maximum absolute atomic E-state index is 14.2. The lowest BCUT2D eigenvalue weighted by atomic mass is 10.1. The highest BCUT2D eigenvalue weighted by Gasteiger charge is 2.26. The van der Waals surface area contributed by atoms with Crippen molar-refractivity contribution in [1.29, 1.82) is 0 Å². The number of nitrogens with two attached hydrogens (primary N) is 1. The molecule has 29 heavy (non-hydrogen) atoms. The second-order valence-electron chi connectivity index (χ2n) is 6.57. The number of nitrogens with one attached hydrogen (secondary N) is 1. The molecule has 4 rings (SSSR count). The van der Waals surface area contributed by atoms with Crippen LogP contribution in [0.5, 0.6) is 0 Å². The lowest BCUT2D eigenvalue weighted by molar-refractivity contribution is 0.197. The van der Waals surface area contributed by atoms with E-state index in [2.05, 4.69) is 10.3 Å². The average molecular weight is 405 g/mol. The minimum atomic E-state index is -1.18. The molecule has 0 aliphatic carbocycles. The third kappa shape index (κ3) is 3.48. The quantitative estimate of drug-likeness (QED) is 0.504. The number of hydrogen-bond acceptors (Lipinski definition) is 3. The van der Waals surface area contributed by atoms with Crippen LogP contribution in [-0.2, 0) is 13.1 Å². The summed E-state index contributed by atoms with van der Waals surface area (Å²) < 4.78 is 56.0. The SMILES string of the molecule is Nc1cc(NC(=O)N2CCn3cnc(-c4ccc(F)cc4F)c3C2)cc(F)c1F. The van der Waals surface area contributed by atoms with Crippen molar-refractivity contribution in [3.8, 4) is 11.3 Å². The molecule has 0 fully saturated rings. The predicted molar refractivity (Wildman–Crippen MR) is 97.8 cm³/mol. The van der Waals surface area contributed by atoms with Gasteiger partial charge in [0.1, 0.15) is 11.6 Å². The van der Waals surface area contributed by atoms with E-state index in [1.165, 1.54) is 17.3 Å². The van der Waals surface area contributed by atoms with Crippen LogP contribution in [0.3, 0.4) is 0 Å². The number of carbonyl (C=O) groups is 1. The van der Waals surface area contributed by atoms with Crippen molar-refractivity contribution in [2.45, 2.75) is 13.1 Å². The van der Waals surface area contributed by atoms with Gasteiger partial charge in [-0.05, 0) is 18.2 Å². The Labute approximate surface area is 162 Å². The van der Waals surface area contributed by atoms with E-state index in [0.29, 0.717) is 24.5 Å². The maximum atomic E-state index is 14.2. The second kappa shape index (κ2) is 7.12.